The molecular formula is C24H37F3N4O5S. The van der Waals surface area contributed by atoms with Gasteiger partial charge < -0.3 is 20.2 Å². The molecule has 3 rings (SSSR count). The fourth-order valence-electron chi connectivity index (χ4n) is 4.35. The second kappa shape index (κ2) is 14.1. The Bertz CT molecular complexity index is 1010. The lowest BCUT2D eigenvalue weighted by molar-refractivity contribution is -0.192. The van der Waals surface area contributed by atoms with E-state index in [2.05, 4.69) is 10.2 Å². The molecule has 2 saturated heterocycles. The number of nitrogens with zero attached hydrogens (tertiary/aromatic N) is 3. The van der Waals surface area contributed by atoms with Crippen LogP contribution in [0, 0.1) is 13.8 Å². The quantitative estimate of drug-likeness (QED) is 0.485. The lowest BCUT2D eigenvalue weighted by atomic mass is 10.2. The van der Waals surface area contributed by atoms with Crippen LogP contribution in [0.3, 0.4) is 0 Å². The van der Waals surface area contributed by atoms with Gasteiger partial charge in [-0.05, 0) is 64.4 Å². The summed E-state index contributed by atoms with van der Waals surface area (Å²) in [6.45, 7) is 10.6. The largest absolute Gasteiger partial charge is 0.490 e. The summed E-state index contributed by atoms with van der Waals surface area (Å²) >= 11 is 0. The average Bonchev–Trinajstić information content (AvgIpc) is 3.34. The average molecular weight is 551 g/mol. The molecule has 0 spiro atoms. The maximum atomic E-state index is 13.5. The molecule has 37 heavy (non-hydrogen) atoms. The molecule has 0 atom stereocenters. The summed E-state index contributed by atoms with van der Waals surface area (Å²) < 4.78 is 60.2. The van der Waals surface area contributed by atoms with Crippen molar-refractivity contribution in [2.75, 3.05) is 58.9 Å². The Labute approximate surface area is 216 Å². The number of aryl methyl sites for hydroxylation is 2. The number of carbonyl (C=O) groups excluding carboxylic acids is 1. The van der Waals surface area contributed by atoms with Gasteiger partial charge in [-0.15, -0.1) is 0 Å². The van der Waals surface area contributed by atoms with Crippen LogP contribution in [0.5, 0.6) is 0 Å². The first-order chi connectivity index (χ1) is 17.3. The number of rotatable bonds is 9. The van der Waals surface area contributed by atoms with E-state index in [0.29, 0.717) is 24.5 Å². The fourth-order valence-corrected chi connectivity index (χ4v) is 6.03. The smallest absolute Gasteiger partial charge is 0.475 e. The highest BCUT2D eigenvalue weighted by atomic mass is 32.2. The Morgan fingerprint density at radius 1 is 1.05 bits per heavy atom. The minimum Gasteiger partial charge on any atom is -0.475 e. The van der Waals surface area contributed by atoms with Crippen LogP contribution in [-0.2, 0) is 19.6 Å². The van der Waals surface area contributed by atoms with Crippen molar-refractivity contribution >= 4 is 21.9 Å². The molecule has 0 bridgehead atoms. The number of likely N-dealkylation sites (tertiary alicyclic amines) is 1. The van der Waals surface area contributed by atoms with Crippen LogP contribution in [0.25, 0.3) is 0 Å². The topological polar surface area (TPSA) is 110 Å². The number of halogens is 3. The lowest BCUT2D eigenvalue weighted by Crippen LogP contribution is -2.47. The summed E-state index contributed by atoms with van der Waals surface area (Å²) in [4.78, 5) is 26.1. The van der Waals surface area contributed by atoms with Crippen molar-refractivity contribution in [2.24, 2.45) is 0 Å². The summed E-state index contributed by atoms with van der Waals surface area (Å²) in [7, 11) is -3.64. The van der Waals surface area contributed by atoms with Crippen LogP contribution in [0.15, 0.2) is 23.1 Å². The second-order valence-corrected chi connectivity index (χ2v) is 11.2. The van der Waals surface area contributed by atoms with Gasteiger partial charge in [-0.3, -0.25) is 4.79 Å². The first-order valence-corrected chi connectivity index (χ1v) is 13.8. The number of nitrogens with one attached hydrogen (secondary N) is 1. The normalized spacial score (nSPS) is 17.0. The van der Waals surface area contributed by atoms with Crippen LogP contribution >= 0.6 is 0 Å². The van der Waals surface area contributed by atoms with Crippen LogP contribution in [0.4, 0.5) is 13.2 Å². The van der Waals surface area contributed by atoms with Gasteiger partial charge in [-0.1, -0.05) is 17.7 Å². The monoisotopic (exact) mass is 550 g/mol. The molecule has 9 nitrogen and oxygen atoms in total. The maximum Gasteiger partial charge on any atom is 0.490 e. The summed E-state index contributed by atoms with van der Waals surface area (Å²) in [5, 5.41) is 10.4. The van der Waals surface area contributed by atoms with Crippen molar-refractivity contribution in [1.29, 1.82) is 0 Å². The second-order valence-electron chi connectivity index (χ2n) is 9.26. The van der Waals surface area contributed by atoms with Gasteiger partial charge in [0.15, 0.2) is 0 Å². The molecule has 2 N–H and O–H groups in total. The Kier molecular flexibility index (Phi) is 11.8. The van der Waals surface area contributed by atoms with E-state index in [-0.39, 0.29) is 18.9 Å². The molecule has 13 heteroatoms. The zero-order valence-electron chi connectivity index (χ0n) is 21.4. The molecule has 0 aromatic heterocycles. The van der Waals surface area contributed by atoms with Crippen LogP contribution in [0.1, 0.15) is 36.8 Å². The minimum absolute atomic E-state index is 0.0388. The minimum atomic E-state index is -5.08. The predicted octanol–water partition coefficient (Wildman–Crippen LogP) is 2.24. The summed E-state index contributed by atoms with van der Waals surface area (Å²) in [5.74, 6) is -2.72. The molecule has 1 aromatic carbocycles. The molecule has 210 valence electrons. The molecule has 0 radical (unpaired) electrons. The maximum absolute atomic E-state index is 13.5. The van der Waals surface area contributed by atoms with E-state index >= 15 is 0 Å². The van der Waals surface area contributed by atoms with Crippen LogP contribution in [-0.4, -0.2) is 105 Å². The van der Waals surface area contributed by atoms with E-state index in [9.17, 15) is 26.4 Å². The van der Waals surface area contributed by atoms with E-state index in [1.807, 2.05) is 30.9 Å². The molecule has 2 aliphatic heterocycles. The summed E-state index contributed by atoms with van der Waals surface area (Å²) in [6.07, 6.45) is -1.62. The van der Waals surface area contributed by atoms with Gasteiger partial charge in [0, 0.05) is 45.7 Å². The zero-order valence-corrected chi connectivity index (χ0v) is 22.2. The number of alkyl halides is 3. The Balaban J connectivity index is 0.000000604. The van der Waals surface area contributed by atoms with Crippen molar-refractivity contribution < 1.29 is 36.3 Å². The fraction of sp³-hybridized carbons (Fsp3) is 0.667. The molecule has 2 aliphatic rings. The highest BCUT2D eigenvalue weighted by Crippen LogP contribution is 2.22. The van der Waals surface area contributed by atoms with E-state index in [0.717, 1.165) is 50.3 Å². The van der Waals surface area contributed by atoms with Crippen molar-refractivity contribution in [3.63, 3.8) is 0 Å². The highest BCUT2D eigenvalue weighted by molar-refractivity contribution is 7.89. The van der Waals surface area contributed by atoms with E-state index in [4.69, 9.17) is 9.90 Å². The number of piperazine rings is 1. The molecule has 1 amide bonds. The predicted molar refractivity (Wildman–Crippen MR) is 133 cm³/mol. The third-order valence-electron chi connectivity index (χ3n) is 6.32. The molecule has 0 unspecified atom stereocenters. The zero-order chi connectivity index (χ0) is 27.6. The third kappa shape index (κ3) is 9.87. The first kappa shape index (κ1) is 31.0. The number of aliphatic carboxylic acids is 1. The SMILES string of the molecule is Cc1ccc(S(=O)(=O)N(CCCN2CCCC2)CCC(=O)N2CCNCC2)c(C)c1.O=C(O)C(F)(F)F. The Hall–Kier alpha value is -2.22. The van der Waals surface area contributed by atoms with Gasteiger partial charge in [-0.2, -0.15) is 17.5 Å². The molecule has 1 aromatic rings. The van der Waals surface area contributed by atoms with Gasteiger partial charge in [0.25, 0.3) is 0 Å². The van der Waals surface area contributed by atoms with Crippen molar-refractivity contribution in [1.82, 2.24) is 19.4 Å². The van der Waals surface area contributed by atoms with Crippen molar-refractivity contribution in [3.8, 4) is 0 Å². The number of carboxylic acids is 1. The van der Waals surface area contributed by atoms with E-state index < -0.39 is 22.2 Å². The molecule has 2 fully saturated rings. The van der Waals surface area contributed by atoms with Gasteiger partial charge in [0.1, 0.15) is 0 Å². The van der Waals surface area contributed by atoms with Crippen LogP contribution in [0.2, 0.25) is 0 Å². The Morgan fingerprint density at radius 2 is 1.65 bits per heavy atom. The van der Waals surface area contributed by atoms with Crippen molar-refractivity contribution in [2.45, 2.75) is 50.6 Å². The van der Waals surface area contributed by atoms with Crippen molar-refractivity contribution in [3.05, 3.63) is 29.3 Å². The number of sulfonamides is 1. The molecule has 0 aliphatic carbocycles. The van der Waals surface area contributed by atoms with E-state index in [1.165, 1.54) is 17.1 Å². The van der Waals surface area contributed by atoms with Gasteiger partial charge in [0.05, 0.1) is 4.90 Å². The Morgan fingerprint density at radius 3 is 2.19 bits per heavy atom. The molecule has 2 heterocycles. The highest BCUT2D eigenvalue weighted by Gasteiger charge is 2.38. The number of carboxylic acid groups (broad SMARTS) is 1. The standard InChI is InChI=1S/C22H36N4O3S.C2HF3O2/c1-19-6-7-21(20(2)18-19)30(28,29)26(14-5-13-24-11-3-4-12-24)15-8-22(27)25-16-9-23-10-17-25;3-2(4,5)1(6)7/h6-7,18,23H,3-5,8-17H2,1-2H3;(H,6,7). The number of hydrogen-bond donors (Lipinski definition) is 2. The van der Waals surface area contributed by atoms with Crippen LogP contribution < -0.4 is 5.32 Å². The third-order valence-corrected chi connectivity index (χ3v) is 8.37. The van der Waals surface area contributed by atoms with Gasteiger partial charge in [-0.25, -0.2) is 13.2 Å². The van der Waals surface area contributed by atoms with E-state index in [1.54, 1.807) is 6.07 Å². The molecular weight excluding hydrogens is 513 g/mol. The summed E-state index contributed by atoms with van der Waals surface area (Å²) in [5.41, 5.74) is 1.80. The van der Waals surface area contributed by atoms with Gasteiger partial charge in [0.2, 0.25) is 15.9 Å². The van der Waals surface area contributed by atoms with Gasteiger partial charge >= 0.3 is 12.1 Å². The number of hydrogen-bond acceptors (Lipinski definition) is 6. The number of carbonyl (C=O) groups is 2. The summed E-state index contributed by atoms with van der Waals surface area (Å²) in [6, 6.07) is 5.45. The first-order valence-electron chi connectivity index (χ1n) is 12.4. The lowest BCUT2D eigenvalue weighted by Gasteiger charge is -2.29. The molecule has 0 saturated carbocycles. The number of amides is 1. The number of benzene rings is 1.